The molecule has 0 aliphatic carbocycles. The maximum atomic E-state index is 12.8. The third-order valence-corrected chi connectivity index (χ3v) is 4.26. The fourth-order valence-electron chi connectivity index (χ4n) is 2.91. The Balaban J connectivity index is 2.42. The van der Waals surface area contributed by atoms with Crippen LogP contribution in [-0.4, -0.2) is 28.8 Å². The second kappa shape index (κ2) is 5.65. The molecule has 0 spiro atoms. The van der Waals surface area contributed by atoms with Crippen molar-refractivity contribution in [3.05, 3.63) is 35.9 Å². The molecule has 0 bridgehead atoms. The van der Waals surface area contributed by atoms with Gasteiger partial charge in [-0.2, -0.15) is 0 Å². The highest BCUT2D eigenvalue weighted by Crippen LogP contribution is 2.32. The van der Waals surface area contributed by atoms with Crippen LogP contribution in [0.4, 0.5) is 0 Å². The summed E-state index contributed by atoms with van der Waals surface area (Å²) in [6.45, 7) is 6.34. The van der Waals surface area contributed by atoms with Gasteiger partial charge in [0.15, 0.2) is 0 Å². The highest BCUT2D eigenvalue weighted by atomic mass is 16.2. The molecule has 1 fully saturated rings. The Bertz CT molecular complexity index is 494. The minimum absolute atomic E-state index is 0.0263. The number of likely N-dealkylation sites (N-methyl/N-ethyl adjacent to an activating group) is 1. The number of hydrogen-bond acceptors (Lipinski definition) is 2. The summed E-state index contributed by atoms with van der Waals surface area (Å²) in [5, 5.41) is 2.96. The predicted molar refractivity (Wildman–Crippen MR) is 78.0 cm³/mol. The number of benzene rings is 1. The maximum Gasteiger partial charge on any atom is 0.249 e. The summed E-state index contributed by atoms with van der Waals surface area (Å²) in [7, 11) is 0. The second-order valence-corrected chi connectivity index (χ2v) is 5.18. The highest BCUT2D eigenvalue weighted by molar-refractivity contribution is 6.00. The van der Waals surface area contributed by atoms with Crippen LogP contribution in [0.3, 0.4) is 0 Å². The summed E-state index contributed by atoms with van der Waals surface area (Å²) in [4.78, 5) is 27.0. The van der Waals surface area contributed by atoms with Gasteiger partial charge < -0.3 is 10.2 Å². The summed E-state index contributed by atoms with van der Waals surface area (Å²) >= 11 is 0. The van der Waals surface area contributed by atoms with E-state index in [9.17, 15) is 9.59 Å². The number of nitrogens with zero attached hydrogens (tertiary/aromatic N) is 1. The van der Waals surface area contributed by atoms with Crippen molar-refractivity contribution in [1.29, 1.82) is 0 Å². The molecular formula is C16H22N2O2. The van der Waals surface area contributed by atoms with E-state index >= 15 is 0 Å². The van der Waals surface area contributed by atoms with Crippen LogP contribution < -0.4 is 5.32 Å². The van der Waals surface area contributed by atoms with Gasteiger partial charge in [-0.1, -0.05) is 44.2 Å². The lowest BCUT2D eigenvalue weighted by Crippen LogP contribution is -2.67. The van der Waals surface area contributed by atoms with Gasteiger partial charge in [0.1, 0.15) is 11.6 Å². The van der Waals surface area contributed by atoms with Crippen molar-refractivity contribution in [3.63, 3.8) is 0 Å². The molecule has 1 atom stereocenters. The molecule has 4 nitrogen and oxygen atoms in total. The maximum absolute atomic E-state index is 12.8. The summed E-state index contributed by atoms with van der Waals surface area (Å²) in [5.74, 6) is -0.0557. The first-order chi connectivity index (χ1) is 9.59. The molecule has 1 unspecified atom stereocenters. The zero-order valence-electron chi connectivity index (χ0n) is 12.3. The first-order valence-electron chi connectivity index (χ1n) is 7.27. The van der Waals surface area contributed by atoms with Gasteiger partial charge in [0.2, 0.25) is 11.8 Å². The Morgan fingerprint density at radius 3 is 2.20 bits per heavy atom. The molecular weight excluding hydrogens is 252 g/mol. The number of hydrogen-bond donors (Lipinski definition) is 1. The molecule has 1 aromatic carbocycles. The van der Waals surface area contributed by atoms with Crippen LogP contribution in [0.5, 0.6) is 0 Å². The van der Waals surface area contributed by atoms with Crippen molar-refractivity contribution in [2.75, 3.05) is 6.54 Å². The zero-order valence-corrected chi connectivity index (χ0v) is 12.3. The van der Waals surface area contributed by atoms with Crippen LogP contribution in [0.2, 0.25) is 0 Å². The van der Waals surface area contributed by atoms with E-state index in [-0.39, 0.29) is 11.8 Å². The topological polar surface area (TPSA) is 49.4 Å². The molecule has 4 heteroatoms. The van der Waals surface area contributed by atoms with Gasteiger partial charge in [0, 0.05) is 6.54 Å². The van der Waals surface area contributed by atoms with Crippen LogP contribution in [0.25, 0.3) is 0 Å². The highest BCUT2D eigenvalue weighted by Gasteiger charge is 2.48. The quantitative estimate of drug-likeness (QED) is 0.915. The Morgan fingerprint density at radius 2 is 1.70 bits per heavy atom. The molecule has 2 rings (SSSR count). The van der Waals surface area contributed by atoms with Crippen molar-refractivity contribution < 1.29 is 9.59 Å². The van der Waals surface area contributed by atoms with Crippen LogP contribution >= 0.6 is 0 Å². The average molecular weight is 274 g/mol. The van der Waals surface area contributed by atoms with Gasteiger partial charge in [-0.3, -0.25) is 9.59 Å². The van der Waals surface area contributed by atoms with Crippen molar-refractivity contribution in [3.8, 4) is 0 Å². The Kier molecular flexibility index (Phi) is 4.12. The lowest BCUT2D eigenvalue weighted by molar-refractivity contribution is -0.155. The van der Waals surface area contributed by atoms with E-state index in [4.69, 9.17) is 0 Å². The molecule has 0 saturated carbocycles. The van der Waals surface area contributed by atoms with Gasteiger partial charge >= 0.3 is 0 Å². The molecule has 1 saturated heterocycles. The van der Waals surface area contributed by atoms with Gasteiger partial charge in [-0.25, -0.2) is 0 Å². The largest absolute Gasteiger partial charge is 0.340 e. The smallest absolute Gasteiger partial charge is 0.249 e. The summed E-state index contributed by atoms with van der Waals surface area (Å²) < 4.78 is 0. The number of carbonyl (C=O) groups excluding carboxylic acids is 2. The van der Waals surface area contributed by atoms with Crippen LogP contribution in [0.15, 0.2) is 30.3 Å². The van der Waals surface area contributed by atoms with Gasteiger partial charge in [-0.15, -0.1) is 0 Å². The van der Waals surface area contributed by atoms with Crippen molar-refractivity contribution in [2.45, 2.75) is 45.2 Å². The molecule has 0 aromatic heterocycles. The monoisotopic (exact) mass is 274 g/mol. The van der Waals surface area contributed by atoms with Gasteiger partial charge in [-0.05, 0) is 25.3 Å². The van der Waals surface area contributed by atoms with E-state index < -0.39 is 11.6 Å². The van der Waals surface area contributed by atoms with E-state index in [1.807, 2.05) is 51.1 Å². The van der Waals surface area contributed by atoms with Gasteiger partial charge in [0.25, 0.3) is 0 Å². The van der Waals surface area contributed by atoms with Gasteiger partial charge in [0.05, 0.1) is 0 Å². The van der Waals surface area contributed by atoms with Crippen molar-refractivity contribution in [2.24, 2.45) is 0 Å². The molecule has 1 N–H and O–H groups in total. The Hall–Kier alpha value is -1.84. The summed E-state index contributed by atoms with van der Waals surface area (Å²) in [6.07, 6.45) is 1.23. The Morgan fingerprint density at radius 1 is 1.10 bits per heavy atom. The molecule has 2 amide bonds. The molecule has 1 aromatic rings. The number of nitrogens with one attached hydrogen (secondary N) is 1. The molecule has 1 aliphatic rings. The van der Waals surface area contributed by atoms with Crippen LogP contribution in [0.1, 0.15) is 45.2 Å². The van der Waals surface area contributed by atoms with E-state index in [2.05, 4.69) is 5.32 Å². The molecule has 1 heterocycles. The fraction of sp³-hybridized carbons (Fsp3) is 0.500. The second-order valence-electron chi connectivity index (χ2n) is 5.18. The lowest BCUT2D eigenvalue weighted by atomic mass is 9.86. The van der Waals surface area contributed by atoms with E-state index in [1.54, 1.807) is 4.90 Å². The van der Waals surface area contributed by atoms with Crippen molar-refractivity contribution in [1.82, 2.24) is 10.2 Å². The van der Waals surface area contributed by atoms with E-state index in [0.717, 1.165) is 5.56 Å². The summed E-state index contributed by atoms with van der Waals surface area (Å²) in [6, 6.07) is 8.96. The lowest BCUT2D eigenvalue weighted by Gasteiger charge is -2.45. The molecule has 108 valence electrons. The molecule has 1 aliphatic heterocycles. The molecule has 0 radical (unpaired) electrons. The summed E-state index contributed by atoms with van der Waals surface area (Å²) in [5.41, 5.74) is 0.124. The third-order valence-electron chi connectivity index (χ3n) is 4.26. The van der Waals surface area contributed by atoms with Crippen molar-refractivity contribution >= 4 is 11.8 Å². The first kappa shape index (κ1) is 14.6. The average Bonchev–Trinajstić information content (AvgIpc) is 2.49. The van der Waals surface area contributed by atoms with Crippen LogP contribution in [0, 0.1) is 0 Å². The van der Waals surface area contributed by atoms with E-state index in [0.29, 0.717) is 19.4 Å². The molecule has 20 heavy (non-hydrogen) atoms. The predicted octanol–water partition coefficient (Wildman–Crippen LogP) is 2.26. The fourth-order valence-corrected chi connectivity index (χ4v) is 2.91. The first-order valence-corrected chi connectivity index (χ1v) is 7.27. The zero-order chi connectivity index (χ0) is 14.8. The van der Waals surface area contributed by atoms with E-state index in [1.165, 1.54) is 0 Å². The SMILES string of the molecule is CCN1C(=O)C(CC)(CC)NC(=O)C1c1ccccc1. The normalized spacial score (nSPS) is 21.8. The third kappa shape index (κ3) is 2.19. The number of carbonyl (C=O) groups is 2. The standard InChI is InChI=1S/C16H22N2O2/c1-4-16(5-2)15(20)18(6-3)13(14(19)17-16)12-10-8-7-9-11-12/h7-11,13H,4-6H2,1-3H3,(H,17,19). The van der Waals surface area contributed by atoms with Crippen LogP contribution in [-0.2, 0) is 9.59 Å². The minimum atomic E-state index is -0.738. The minimum Gasteiger partial charge on any atom is -0.340 e. The Labute approximate surface area is 120 Å². The number of rotatable bonds is 4. The number of piperazine rings is 1. The number of amides is 2.